The molecule has 0 aliphatic heterocycles. The molecule has 0 fully saturated rings. The van der Waals surface area contributed by atoms with E-state index in [1.165, 1.54) is 11.8 Å². The average molecular weight is 368 g/mol. The summed E-state index contributed by atoms with van der Waals surface area (Å²) in [6, 6.07) is 14.5. The van der Waals surface area contributed by atoms with Gasteiger partial charge in [0.15, 0.2) is 5.16 Å². The van der Waals surface area contributed by atoms with Crippen molar-refractivity contribution < 1.29 is 9.90 Å². The van der Waals surface area contributed by atoms with Crippen molar-refractivity contribution in [2.24, 2.45) is 0 Å². The number of thioether (sulfide) groups is 1. The van der Waals surface area contributed by atoms with E-state index in [0.29, 0.717) is 5.70 Å². The van der Waals surface area contributed by atoms with Crippen LogP contribution in [0.4, 0.5) is 0 Å². The van der Waals surface area contributed by atoms with Crippen molar-refractivity contribution in [2.45, 2.75) is 18.6 Å². The van der Waals surface area contributed by atoms with E-state index in [2.05, 4.69) is 33.9 Å². The fourth-order valence-electron chi connectivity index (χ4n) is 2.52. The zero-order valence-corrected chi connectivity index (χ0v) is 15.2. The van der Waals surface area contributed by atoms with Crippen molar-refractivity contribution in [2.75, 3.05) is 5.75 Å². The molecule has 6 nitrogen and oxygen atoms in total. The van der Waals surface area contributed by atoms with Gasteiger partial charge in [0.25, 0.3) is 0 Å². The predicted octanol–water partition coefficient (Wildman–Crippen LogP) is 3.15. The predicted molar refractivity (Wildman–Crippen MR) is 105 cm³/mol. The number of aromatic nitrogens is 2. The number of nitrogens with one attached hydrogen (secondary N) is 2. The van der Waals surface area contributed by atoms with Crippen molar-refractivity contribution in [3.8, 4) is 5.75 Å². The number of nitrogens with zero attached hydrogens (tertiary/aromatic N) is 2. The van der Waals surface area contributed by atoms with Crippen LogP contribution in [0.25, 0.3) is 16.7 Å². The molecule has 0 saturated carbocycles. The molecule has 1 amide bonds. The molecule has 3 rings (SSSR count). The Morgan fingerprint density at radius 2 is 1.92 bits per heavy atom. The lowest BCUT2D eigenvalue weighted by Crippen LogP contribution is -2.37. The van der Waals surface area contributed by atoms with E-state index in [-0.39, 0.29) is 17.4 Å². The van der Waals surface area contributed by atoms with Gasteiger partial charge in [-0.3, -0.25) is 15.6 Å². The minimum absolute atomic E-state index is 0.176. The molecule has 26 heavy (non-hydrogen) atoms. The van der Waals surface area contributed by atoms with Crippen molar-refractivity contribution >= 4 is 34.4 Å². The SMILES string of the molecule is C=C(NNC(=O)CSc1nc2ccccc2n1CC)c1ccc(O)cc1. The third-order valence-corrected chi connectivity index (χ3v) is 4.81. The summed E-state index contributed by atoms with van der Waals surface area (Å²) in [6.07, 6.45) is 0. The Labute approximate surface area is 155 Å². The maximum absolute atomic E-state index is 12.1. The van der Waals surface area contributed by atoms with E-state index >= 15 is 0 Å². The summed E-state index contributed by atoms with van der Waals surface area (Å²) in [7, 11) is 0. The van der Waals surface area contributed by atoms with E-state index in [9.17, 15) is 9.90 Å². The Bertz CT molecular complexity index is 934. The Morgan fingerprint density at radius 3 is 2.65 bits per heavy atom. The molecule has 1 heterocycles. The highest BCUT2D eigenvalue weighted by Crippen LogP contribution is 2.23. The standard InChI is InChI=1S/C19H20N4O2S/c1-3-23-17-7-5-4-6-16(17)20-19(23)26-12-18(25)22-21-13(2)14-8-10-15(24)11-9-14/h4-11,21,24H,2-3,12H2,1H3,(H,22,25). The van der Waals surface area contributed by atoms with Crippen LogP contribution >= 0.6 is 11.8 Å². The molecule has 2 aromatic carbocycles. The summed E-state index contributed by atoms with van der Waals surface area (Å²) in [5, 5.41) is 10.1. The molecule has 0 bridgehead atoms. The number of aryl methyl sites for hydroxylation is 1. The van der Waals surface area contributed by atoms with Gasteiger partial charge in [0, 0.05) is 6.54 Å². The summed E-state index contributed by atoms with van der Waals surface area (Å²) in [5.74, 6) is 0.240. The first kappa shape index (κ1) is 17.9. The second-order valence-electron chi connectivity index (χ2n) is 5.61. The van der Waals surface area contributed by atoms with Crippen molar-refractivity contribution in [1.82, 2.24) is 20.4 Å². The number of carbonyl (C=O) groups is 1. The van der Waals surface area contributed by atoms with Crippen molar-refractivity contribution in [3.05, 3.63) is 60.7 Å². The first-order chi connectivity index (χ1) is 12.6. The molecule has 134 valence electrons. The number of fused-ring (bicyclic) bond motifs is 1. The smallest absolute Gasteiger partial charge is 0.248 e. The number of phenols is 1. The topological polar surface area (TPSA) is 79.2 Å². The van der Waals surface area contributed by atoms with Crippen LogP contribution in [0.1, 0.15) is 12.5 Å². The zero-order valence-electron chi connectivity index (χ0n) is 14.4. The van der Waals surface area contributed by atoms with Gasteiger partial charge in [-0.2, -0.15) is 0 Å². The normalized spacial score (nSPS) is 10.7. The number of amides is 1. The van der Waals surface area contributed by atoms with E-state index in [1.807, 2.05) is 24.3 Å². The van der Waals surface area contributed by atoms with Crippen LogP contribution in [0.2, 0.25) is 0 Å². The van der Waals surface area contributed by atoms with Crippen molar-refractivity contribution in [3.63, 3.8) is 0 Å². The summed E-state index contributed by atoms with van der Waals surface area (Å²) < 4.78 is 2.09. The Balaban J connectivity index is 1.56. The van der Waals surface area contributed by atoms with Gasteiger partial charge in [-0.15, -0.1) is 0 Å². The lowest BCUT2D eigenvalue weighted by molar-refractivity contribution is -0.119. The second-order valence-corrected chi connectivity index (χ2v) is 6.56. The fourth-order valence-corrected chi connectivity index (χ4v) is 3.39. The molecule has 0 spiro atoms. The van der Waals surface area contributed by atoms with Gasteiger partial charge in [0.05, 0.1) is 22.5 Å². The van der Waals surface area contributed by atoms with Crippen LogP contribution < -0.4 is 10.9 Å². The number of hydrazine groups is 1. The lowest BCUT2D eigenvalue weighted by Gasteiger charge is -2.11. The first-order valence-electron chi connectivity index (χ1n) is 8.19. The summed E-state index contributed by atoms with van der Waals surface area (Å²) in [5.41, 5.74) is 8.74. The molecule has 1 aromatic heterocycles. The number of rotatable bonds is 7. The number of benzene rings is 2. The highest BCUT2D eigenvalue weighted by atomic mass is 32.2. The molecule has 7 heteroatoms. The minimum Gasteiger partial charge on any atom is -0.508 e. The molecular formula is C19H20N4O2S. The van der Waals surface area contributed by atoms with E-state index in [4.69, 9.17) is 0 Å². The molecule has 0 saturated heterocycles. The third-order valence-electron chi connectivity index (χ3n) is 3.84. The number of carbonyl (C=O) groups excluding carboxylic acids is 1. The van der Waals surface area contributed by atoms with Gasteiger partial charge in [0.1, 0.15) is 5.75 Å². The van der Waals surface area contributed by atoms with Crippen LogP contribution in [0.3, 0.4) is 0 Å². The molecular weight excluding hydrogens is 348 g/mol. The number of phenolic OH excluding ortho intramolecular Hbond substituents is 1. The Morgan fingerprint density at radius 1 is 1.19 bits per heavy atom. The van der Waals surface area contributed by atoms with Crippen molar-refractivity contribution in [1.29, 1.82) is 0 Å². The second kappa shape index (κ2) is 7.97. The molecule has 0 aliphatic rings. The third kappa shape index (κ3) is 4.00. The summed E-state index contributed by atoms with van der Waals surface area (Å²) >= 11 is 1.39. The zero-order chi connectivity index (χ0) is 18.5. The molecule has 3 aromatic rings. The highest BCUT2D eigenvalue weighted by molar-refractivity contribution is 7.99. The van der Waals surface area contributed by atoms with Gasteiger partial charge in [0.2, 0.25) is 5.91 Å². The molecule has 0 aliphatic carbocycles. The van der Waals surface area contributed by atoms with Crippen LogP contribution in [0.5, 0.6) is 5.75 Å². The molecule has 0 radical (unpaired) electrons. The fraction of sp³-hybridized carbons (Fsp3) is 0.158. The minimum atomic E-state index is -0.176. The van der Waals surface area contributed by atoms with Gasteiger partial charge in [-0.1, -0.05) is 30.5 Å². The molecule has 3 N–H and O–H groups in total. The first-order valence-corrected chi connectivity index (χ1v) is 9.18. The number of aromatic hydroxyl groups is 1. The van der Waals surface area contributed by atoms with Crippen LogP contribution in [0.15, 0.2) is 60.3 Å². The Hall–Kier alpha value is -2.93. The van der Waals surface area contributed by atoms with E-state index in [1.54, 1.807) is 24.3 Å². The maximum atomic E-state index is 12.1. The van der Waals surface area contributed by atoms with Crippen LogP contribution in [-0.4, -0.2) is 26.3 Å². The number of hydrogen-bond donors (Lipinski definition) is 3. The van der Waals surface area contributed by atoms with Gasteiger partial charge in [-0.25, -0.2) is 4.98 Å². The average Bonchev–Trinajstić information content (AvgIpc) is 3.02. The Kier molecular flexibility index (Phi) is 5.48. The number of hydrogen-bond acceptors (Lipinski definition) is 5. The quantitative estimate of drug-likeness (QED) is 0.441. The summed E-state index contributed by atoms with van der Waals surface area (Å²) in [4.78, 5) is 16.7. The number of imidazole rings is 1. The van der Waals surface area contributed by atoms with Gasteiger partial charge < -0.3 is 9.67 Å². The monoisotopic (exact) mass is 368 g/mol. The number of para-hydroxylation sites is 2. The van der Waals surface area contributed by atoms with Crippen LogP contribution in [0, 0.1) is 0 Å². The van der Waals surface area contributed by atoms with Gasteiger partial charge >= 0.3 is 0 Å². The van der Waals surface area contributed by atoms with Gasteiger partial charge in [-0.05, 0) is 48.9 Å². The summed E-state index contributed by atoms with van der Waals surface area (Å²) in [6.45, 7) is 6.72. The van der Waals surface area contributed by atoms with E-state index < -0.39 is 0 Å². The maximum Gasteiger partial charge on any atom is 0.248 e. The van der Waals surface area contributed by atoms with Crippen LogP contribution in [-0.2, 0) is 11.3 Å². The molecule has 0 atom stereocenters. The lowest BCUT2D eigenvalue weighted by atomic mass is 10.2. The molecule has 0 unspecified atom stereocenters. The van der Waals surface area contributed by atoms with E-state index in [0.717, 1.165) is 28.3 Å². The highest BCUT2D eigenvalue weighted by Gasteiger charge is 2.11. The largest absolute Gasteiger partial charge is 0.508 e.